The second-order valence-electron chi connectivity index (χ2n) is 6.19. The lowest BCUT2D eigenvalue weighted by Crippen LogP contribution is -2.35. The van der Waals surface area contributed by atoms with E-state index in [1.54, 1.807) is 7.11 Å². The Labute approximate surface area is 116 Å². The van der Waals surface area contributed by atoms with Crippen molar-refractivity contribution in [2.75, 3.05) is 7.11 Å². The monoisotopic (exact) mass is 262 g/mol. The van der Waals surface area contributed by atoms with Gasteiger partial charge in [0.05, 0.1) is 5.60 Å². The topological polar surface area (TPSA) is 47.3 Å². The lowest BCUT2D eigenvalue weighted by molar-refractivity contribution is 0.00680. The van der Waals surface area contributed by atoms with E-state index in [1.807, 2.05) is 0 Å². The summed E-state index contributed by atoms with van der Waals surface area (Å²) in [5.74, 6) is 6.49. The van der Waals surface area contributed by atoms with Crippen molar-refractivity contribution in [1.82, 2.24) is 5.43 Å². The third-order valence-corrected chi connectivity index (χ3v) is 4.34. The van der Waals surface area contributed by atoms with E-state index in [-0.39, 0.29) is 11.6 Å². The Kier molecular flexibility index (Phi) is 4.61. The summed E-state index contributed by atoms with van der Waals surface area (Å²) in [6.45, 7) is 4.18. The Morgan fingerprint density at radius 1 is 1.42 bits per heavy atom. The van der Waals surface area contributed by atoms with Gasteiger partial charge in [0.1, 0.15) is 0 Å². The van der Waals surface area contributed by atoms with Gasteiger partial charge in [-0.1, -0.05) is 30.7 Å². The van der Waals surface area contributed by atoms with Crippen LogP contribution in [-0.2, 0) is 4.74 Å². The Morgan fingerprint density at radius 3 is 2.68 bits per heavy atom. The first-order valence-corrected chi connectivity index (χ1v) is 7.17. The number of hydrazine groups is 1. The van der Waals surface area contributed by atoms with Crippen molar-refractivity contribution in [1.29, 1.82) is 0 Å². The minimum absolute atomic E-state index is 0.134. The maximum absolute atomic E-state index is 5.73. The van der Waals surface area contributed by atoms with Crippen molar-refractivity contribution in [2.45, 2.75) is 57.1 Å². The van der Waals surface area contributed by atoms with Crippen LogP contribution in [0.3, 0.4) is 0 Å². The molecule has 0 heterocycles. The van der Waals surface area contributed by atoms with E-state index in [1.165, 1.54) is 30.4 Å². The van der Waals surface area contributed by atoms with Gasteiger partial charge in [-0.15, -0.1) is 0 Å². The van der Waals surface area contributed by atoms with Crippen LogP contribution in [0.15, 0.2) is 24.3 Å². The summed E-state index contributed by atoms with van der Waals surface area (Å²) < 4.78 is 5.51. The summed E-state index contributed by atoms with van der Waals surface area (Å²) in [6, 6.07) is 8.98. The van der Waals surface area contributed by atoms with Gasteiger partial charge >= 0.3 is 0 Å². The molecule has 1 unspecified atom stereocenters. The van der Waals surface area contributed by atoms with Crippen LogP contribution in [-0.4, -0.2) is 12.7 Å². The molecule has 1 aliphatic rings. The highest BCUT2D eigenvalue weighted by molar-refractivity contribution is 5.29. The van der Waals surface area contributed by atoms with E-state index in [0.717, 1.165) is 12.3 Å². The zero-order valence-electron chi connectivity index (χ0n) is 12.3. The van der Waals surface area contributed by atoms with Gasteiger partial charge in [0.25, 0.3) is 0 Å². The van der Waals surface area contributed by atoms with E-state index in [0.29, 0.717) is 0 Å². The molecule has 0 amide bonds. The largest absolute Gasteiger partial charge is 0.379 e. The van der Waals surface area contributed by atoms with Gasteiger partial charge in [0.2, 0.25) is 0 Å². The molecule has 1 aromatic rings. The molecule has 3 heteroatoms. The van der Waals surface area contributed by atoms with Gasteiger partial charge in [-0.25, -0.2) is 0 Å². The smallest absolute Gasteiger partial charge is 0.0641 e. The number of rotatable bonds is 6. The van der Waals surface area contributed by atoms with E-state index in [4.69, 9.17) is 10.6 Å². The highest BCUT2D eigenvalue weighted by atomic mass is 16.5. The molecule has 19 heavy (non-hydrogen) atoms. The lowest BCUT2D eigenvalue weighted by Gasteiger charge is -2.30. The minimum atomic E-state index is -0.177. The average molecular weight is 262 g/mol. The predicted octanol–water partition coefficient (Wildman–Crippen LogP) is 3.27. The summed E-state index contributed by atoms with van der Waals surface area (Å²) in [6.07, 6.45) is 4.87. The van der Waals surface area contributed by atoms with Crippen LogP contribution in [0.5, 0.6) is 0 Å². The van der Waals surface area contributed by atoms with Gasteiger partial charge in [-0.3, -0.25) is 11.3 Å². The van der Waals surface area contributed by atoms with Gasteiger partial charge in [-0.2, -0.15) is 0 Å². The van der Waals surface area contributed by atoms with Crippen LogP contribution < -0.4 is 11.3 Å². The van der Waals surface area contributed by atoms with Crippen LogP contribution in [0.25, 0.3) is 0 Å². The SMILES string of the molecule is COC(C)(C)CC(NN)c1cccc(C2CCC2)c1. The van der Waals surface area contributed by atoms with E-state index < -0.39 is 0 Å². The normalized spacial score (nSPS) is 18.1. The van der Waals surface area contributed by atoms with Crippen LogP contribution in [0.2, 0.25) is 0 Å². The molecule has 3 nitrogen and oxygen atoms in total. The van der Waals surface area contributed by atoms with E-state index in [2.05, 4.69) is 43.5 Å². The first-order valence-electron chi connectivity index (χ1n) is 7.17. The Hall–Kier alpha value is -0.900. The summed E-state index contributed by atoms with van der Waals surface area (Å²) in [5.41, 5.74) is 5.47. The highest BCUT2D eigenvalue weighted by Crippen LogP contribution is 2.37. The molecule has 1 fully saturated rings. The van der Waals surface area contributed by atoms with Crippen molar-refractivity contribution in [2.24, 2.45) is 5.84 Å². The second kappa shape index (κ2) is 6.04. The number of nitrogens with one attached hydrogen (secondary N) is 1. The van der Waals surface area contributed by atoms with Crippen molar-refractivity contribution in [3.63, 3.8) is 0 Å². The molecule has 1 aromatic carbocycles. The maximum atomic E-state index is 5.73. The second-order valence-corrected chi connectivity index (χ2v) is 6.19. The van der Waals surface area contributed by atoms with Crippen LogP contribution in [0, 0.1) is 0 Å². The summed E-state index contributed by atoms with van der Waals surface area (Å²) in [7, 11) is 1.75. The maximum Gasteiger partial charge on any atom is 0.0641 e. The van der Waals surface area contributed by atoms with Gasteiger partial charge in [0.15, 0.2) is 0 Å². The fourth-order valence-corrected chi connectivity index (χ4v) is 2.62. The summed E-state index contributed by atoms with van der Waals surface area (Å²) in [5, 5.41) is 0. The summed E-state index contributed by atoms with van der Waals surface area (Å²) >= 11 is 0. The Morgan fingerprint density at radius 2 is 2.16 bits per heavy atom. The number of nitrogens with two attached hydrogens (primary N) is 1. The zero-order chi connectivity index (χ0) is 13.9. The van der Waals surface area contributed by atoms with Crippen LogP contribution >= 0.6 is 0 Å². The molecule has 0 saturated heterocycles. The molecule has 0 radical (unpaired) electrons. The standard InChI is InChI=1S/C16H26N2O/c1-16(2,19-3)11-15(18-17)14-9-5-8-13(10-14)12-6-4-7-12/h5,8-10,12,15,18H,4,6-7,11,17H2,1-3H3. The molecule has 106 valence electrons. The van der Waals surface area contributed by atoms with Crippen molar-refractivity contribution >= 4 is 0 Å². The number of methoxy groups -OCH3 is 1. The quantitative estimate of drug-likeness (QED) is 0.611. The van der Waals surface area contributed by atoms with Crippen LogP contribution in [0.1, 0.15) is 62.6 Å². The predicted molar refractivity (Wildman–Crippen MR) is 78.8 cm³/mol. The lowest BCUT2D eigenvalue weighted by atomic mass is 9.79. The van der Waals surface area contributed by atoms with Crippen molar-refractivity contribution in [3.8, 4) is 0 Å². The number of hydrogen-bond acceptors (Lipinski definition) is 3. The number of hydrogen-bond donors (Lipinski definition) is 2. The van der Waals surface area contributed by atoms with Gasteiger partial charge in [0, 0.05) is 13.2 Å². The van der Waals surface area contributed by atoms with Crippen molar-refractivity contribution < 1.29 is 4.74 Å². The molecular weight excluding hydrogens is 236 g/mol. The highest BCUT2D eigenvalue weighted by Gasteiger charge is 2.25. The molecule has 1 aliphatic carbocycles. The van der Waals surface area contributed by atoms with Gasteiger partial charge in [-0.05, 0) is 50.2 Å². The Bertz CT molecular complexity index is 413. The molecule has 2 rings (SSSR count). The fourth-order valence-electron chi connectivity index (χ4n) is 2.62. The molecular formula is C16H26N2O. The fraction of sp³-hybridized carbons (Fsp3) is 0.625. The van der Waals surface area contributed by atoms with E-state index >= 15 is 0 Å². The van der Waals surface area contributed by atoms with Crippen molar-refractivity contribution in [3.05, 3.63) is 35.4 Å². The van der Waals surface area contributed by atoms with Crippen LogP contribution in [0.4, 0.5) is 0 Å². The van der Waals surface area contributed by atoms with Gasteiger partial charge < -0.3 is 4.74 Å². The number of ether oxygens (including phenoxy) is 1. The first kappa shape index (κ1) is 14.5. The Balaban J connectivity index is 2.13. The molecule has 0 spiro atoms. The number of benzene rings is 1. The molecule has 3 N–H and O–H groups in total. The van der Waals surface area contributed by atoms with E-state index in [9.17, 15) is 0 Å². The summed E-state index contributed by atoms with van der Waals surface area (Å²) in [4.78, 5) is 0. The zero-order valence-corrected chi connectivity index (χ0v) is 12.3. The average Bonchev–Trinajstić information content (AvgIpc) is 2.34. The molecule has 1 saturated carbocycles. The first-order chi connectivity index (χ1) is 9.05. The molecule has 0 aromatic heterocycles. The minimum Gasteiger partial charge on any atom is -0.379 e. The molecule has 1 atom stereocenters. The molecule has 0 aliphatic heterocycles. The third-order valence-electron chi connectivity index (χ3n) is 4.34. The molecule has 0 bridgehead atoms. The third kappa shape index (κ3) is 3.56.